The van der Waals surface area contributed by atoms with Crippen LogP contribution in [0.1, 0.15) is 57.0 Å². The Balaban J connectivity index is 0.000000914. The summed E-state index contributed by atoms with van der Waals surface area (Å²) in [6.45, 7) is 10.5. The van der Waals surface area contributed by atoms with E-state index in [1.165, 1.54) is 11.3 Å². The molecule has 4 aromatic rings. The number of aryl methyl sites for hydroxylation is 1. The Morgan fingerprint density at radius 2 is 1.58 bits per heavy atom. The fraction of sp³-hybridized carbons (Fsp3) is 0.286. The zero-order chi connectivity index (χ0) is 24.1. The van der Waals surface area contributed by atoms with Crippen molar-refractivity contribution >= 4 is 27.3 Å². The number of thiazole rings is 1. The maximum atomic E-state index is 12.4. The number of fused-ring (bicyclic) bond motifs is 1. The highest BCUT2D eigenvalue weighted by Gasteiger charge is 2.12. The normalized spacial score (nSPS) is 9.85. The summed E-state index contributed by atoms with van der Waals surface area (Å²) >= 11 is 1.50. The van der Waals surface area contributed by atoms with E-state index in [9.17, 15) is 4.79 Å². The number of para-hydroxylation sites is 1. The predicted octanol–water partition coefficient (Wildman–Crippen LogP) is 8.36. The fourth-order valence-electron chi connectivity index (χ4n) is 3.08. The summed E-state index contributed by atoms with van der Waals surface area (Å²) in [6, 6.07) is 23.1. The third-order valence-electron chi connectivity index (χ3n) is 4.52. The molecule has 0 amide bonds. The molecule has 0 bridgehead atoms. The van der Waals surface area contributed by atoms with Crippen LogP contribution in [0.15, 0.2) is 72.8 Å². The molecule has 0 unspecified atom stereocenters. The second-order valence-electron chi connectivity index (χ2n) is 6.55. The minimum Gasteiger partial charge on any atom is -0.490 e. The Bertz CT molecular complexity index is 1090. The summed E-state index contributed by atoms with van der Waals surface area (Å²) in [7, 11) is 0. The van der Waals surface area contributed by atoms with Gasteiger partial charge in [-0.2, -0.15) is 0 Å². The first-order valence-electron chi connectivity index (χ1n) is 11.6. The Morgan fingerprint density at radius 3 is 2.27 bits per heavy atom. The number of ketones is 1. The highest BCUT2D eigenvalue weighted by molar-refractivity contribution is 7.20. The SMILES string of the molecule is CC.CC.CCOc1cc(CCC(=O)c2ccccc2)ccc1Oc1nc2ccccc2s1. The molecule has 0 aliphatic rings. The van der Waals surface area contributed by atoms with Crippen molar-refractivity contribution in [2.75, 3.05) is 6.61 Å². The van der Waals surface area contributed by atoms with E-state index in [0.717, 1.165) is 21.3 Å². The van der Waals surface area contributed by atoms with Crippen molar-refractivity contribution in [3.63, 3.8) is 0 Å². The zero-order valence-electron chi connectivity index (χ0n) is 20.1. The molecule has 0 saturated carbocycles. The van der Waals surface area contributed by atoms with Crippen molar-refractivity contribution in [3.8, 4) is 16.7 Å². The first kappa shape index (κ1) is 26.1. The molecule has 4 rings (SSSR count). The molecule has 3 aromatic carbocycles. The summed E-state index contributed by atoms with van der Waals surface area (Å²) in [4.78, 5) is 16.9. The molecule has 0 saturated heterocycles. The molecule has 0 atom stereocenters. The summed E-state index contributed by atoms with van der Waals surface area (Å²) in [5, 5.41) is 0.583. The monoisotopic (exact) mass is 463 g/mol. The maximum absolute atomic E-state index is 12.4. The van der Waals surface area contributed by atoms with E-state index >= 15 is 0 Å². The average Bonchev–Trinajstić information content (AvgIpc) is 3.29. The molecule has 0 aliphatic carbocycles. The van der Waals surface area contributed by atoms with Crippen molar-refractivity contribution in [2.24, 2.45) is 0 Å². The van der Waals surface area contributed by atoms with Gasteiger partial charge < -0.3 is 9.47 Å². The van der Waals surface area contributed by atoms with Gasteiger partial charge in [0, 0.05) is 12.0 Å². The summed E-state index contributed by atoms with van der Waals surface area (Å²) in [5.74, 6) is 1.43. The van der Waals surface area contributed by atoms with Crippen LogP contribution in [0.2, 0.25) is 0 Å². The number of benzene rings is 3. The minimum absolute atomic E-state index is 0.137. The number of ether oxygens (including phenoxy) is 2. The first-order valence-corrected chi connectivity index (χ1v) is 12.4. The van der Waals surface area contributed by atoms with Crippen molar-refractivity contribution in [1.29, 1.82) is 0 Å². The number of Topliss-reactive ketones (excluding diaryl/α,β-unsaturated/α-hetero) is 1. The topological polar surface area (TPSA) is 48.4 Å². The van der Waals surface area contributed by atoms with Crippen molar-refractivity contribution < 1.29 is 14.3 Å². The standard InChI is InChI=1S/C24H21NO3S.2C2H6/c1-2-27-22-16-17(12-14-20(26)18-8-4-3-5-9-18)13-15-21(22)28-24-25-19-10-6-7-11-23(19)29-24;2*1-2/h3-11,13,15-16H,2,12,14H2,1H3;2*1-2H3. The van der Waals surface area contributed by atoms with Gasteiger partial charge in [-0.1, -0.05) is 87.6 Å². The number of carbonyl (C=O) groups is 1. The van der Waals surface area contributed by atoms with Crippen LogP contribution in [0, 0.1) is 0 Å². The molecule has 1 aromatic heterocycles. The number of carbonyl (C=O) groups excluding carboxylic acids is 1. The molecule has 0 fully saturated rings. The van der Waals surface area contributed by atoms with Crippen LogP contribution in [0.4, 0.5) is 0 Å². The molecule has 0 aliphatic heterocycles. The summed E-state index contributed by atoms with van der Waals surface area (Å²) in [6.07, 6.45) is 1.10. The van der Waals surface area contributed by atoms with Crippen LogP contribution in [0.5, 0.6) is 16.7 Å². The van der Waals surface area contributed by atoms with Crippen LogP contribution >= 0.6 is 11.3 Å². The van der Waals surface area contributed by atoms with E-state index in [-0.39, 0.29) is 5.78 Å². The van der Waals surface area contributed by atoms with Crippen LogP contribution in [-0.4, -0.2) is 17.4 Å². The molecular weight excluding hydrogens is 430 g/mol. The first-order chi connectivity index (χ1) is 16.2. The number of nitrogens with zero attached hydrogens (tertiary/aromatic N) is 1. The van der Waals surface area contributed by atoms with Crippen LogP contribution in [0.25, 0.3) is 10.2 Å². The Kier molecular flexibility index (Phi) is 11.1. The lowest BCUT2D eigenvalue weighted by atomic mass is 10.0. The molecule has 4 nitrogen and oxygen atoms in total. The highest BCUT2D eigenvalue weighted by atomic mass is 32.1. The van der Waals surface area contributed by atoms with Crippen molar-refractivity contribution in [3.05, 3.63) is 83.9 Å². The van der Waals surface area contributed by atoms with Gasteiger partial charge in [-0.05, 0) is 43.2 Å². The molecule has 0 radical (unpaired) electrons. The van der Waals surface area contributed by atoms with Crippen LogP contribution < -0.4 is 9.47 Å². The average molecular weight is 464 g/mol. The highest BCUT2D eigenvalue weighted by Crippen LogP contribution is 2.36. The molecule has 174 valence electrons. The molecule has 0 spiro atoms. The van der Waals surface area contributed by atoms with E-state index in [1.54, 1.807) is 0 Å². The van der Waals surface area contributed by atoms with Gasteiger partial charge in [0.2, 0.25) is 0 Å². The van der Waals surface area contributed by atoms with Crippen LogP contribution in [-0.2, 0) is 6.42 Å². The lowest BCUT2D eigenvalue weighted by molar-refractivity contribution is 0.0983. The Hall–Kier alpha value is -3.18. The van der Waals surface area contributed by atoms with Gasteiger partial charge in [0.1, 0.15) is 0 Å². The van der Waals surface area contributed by atoms with Gasteiger partial charge >= 0.3 is 0 Å². The van der Waals surface area contributed by atoms with E-state index in [4.69, 9.17) is 9.47 Å². The van der Waals surface area contributed by atoms with Gasteiger partial charge in [-0.25, -0.2) is 4.98 Å². The molecule has 33 heavy (non-hydrogen) atoms. The van der Waals surface area contributed by atoms with Gasteiger partial charge in [-0.15, -0.1) is 0 Å². The van der Waals surface area contributed by atoms with Gasteiger partial charge in [-0.3, -0.25) is 4.79 Å². The van der Waals surface area contributed by atoms with Crippen molar-refractivity contribution in [2.45, 2.75) is 47.5 Å². The largest absolute Gasteiger partial charge is 0.490 e. The van der Waals surface area contributed by atoms with Crippen LogP contribution in [0.3, 0.4) is 0 Å². The Morgan fingerprint density at radius 1 is 0.879 bits per heavy atom. The minimum atomic E-state index is 0.137. The number of rotatable bonds is 8. The van der Waals surface area contributed by atoms with E-state index in [0.29, 0.717) is 36.1 Å². The number of hydrogen-bond acceptors (Lipinski definition) is 5. The molecular formula is C28H33NO3S. The number of aromatic nitrogens is 1. The van der Waals surface area contributed by atoms with Crippen molar-refractivity contribution in [1.82, 2.24) is 4.98 Å². The summed E-state index contributed by atoms with van der Waals surface area (Å²) < 4.78 is 12.9. The zero-order valence-corrected chi connectivity index (χ0v) is 20.9. The van der Waals surface area contributed by atoms with E-state index < -0.39 is 0 Å². The van der Waals surface area contributed by atoms with Gasteiger partial charge in [0.05, 0.1) is 16.8 Å². The quantitative estimate of drug-likeness (QED) is 0.246. The third kappa shape index (κ3) is 7.43. The third-order valence-corrected chi connectivity index (χ3v) is 5.43. The fourth-order valence-corrected chi connectivity index (χ4v) is 3.90. The smallest absolute Gasteiger partial charge is 0.279 e. The lowest BCUT2D eigenvalue weighted by Gasteiger charge is -2.11. The molecule has 5 heteroatoms. The van der Waals surface area contributed by atoms with E-state index in [1.807, 2.05) is 107 Å². The number of hydrogen-bond donors (Lipinski definition) is 0. The maximum Gasteiger partial charge on any atom is 0.279 e. The second kappa shape index (κ2) is 14.1. The second-order valence-corrected chi connectivity index (χ2v) is 7.55. The molecule has 0 N–H and O–H groups in total. The predicted molar refractivity (Wildman–Crippen MR) is 139 cm³/mol. The lowest BCUT2D eigenvalue weighted by Crippen LogP contribution is -2.02. The van der Waals surface area contributed by atoms with Gasteiger partial charge in [0.15, 0.2) is 17.3 Å². The summed E-state index contributed by atoms with van der Waals surface area (Å²) in [5.41, 5.74) is 2.70. The van der Waals surface area contributed by atoms with E-state index in [2.05, 4.69) is 4.98 Å². The molecule has 1 heterocycles. The Labute approximate surface area is 201 Å². The van der Waals surface area contributed by atoms with Gasteiger partial charge in [0.25, 0.3) is 5.19 Å².